The van der Waals surface area contributed by atoms with Crippen LogP contribution in [0.25, 0.3) is 0 Å². The highest BCUT2D eigenvalue weighted by Crippen LogP contribution is 2.28. The van der Waals surface area contributed by atoms with Gasteiger partial charge >= 0.3 is 0 Å². The molecule has 1 rings (SSSR count). The van der Waals surface area contributed by atoms with Crippen molar-refractivity contribution in [1.29, 1.82) is 0 Å². The zero-order valence-electron chi connectivity index (χ0n) is 8.43. The van der Waals surface area contributed by atoms with E-state index in [-0.39, 0.29) is 11.3 Å². The van der Waals surface area contributed by atoms with Crippen molar-refractivity contribution < 1.29 is 17.9 Å². The summed E-state index contributed by atoms with van der Waals surface area (Å²) >= 11 is 0. The maximum Gasteiger partial charge on any atom is 0.257 e. The molecule has 1 atom stereocenters. The average molecular weight is 219 g/mol. The minimum Gasteiger partial charge on any atom is -0.494 e. The smallest absolute Gasteiger partial charge is 0.257 e. The van der Waals surface area contributed by atoms with E-state index in [1.165, 1.54) is 32.4 Å². The van der Waals surface area contributed by atoms with E-state index < -0.39 is 18.3 Å². The predicted octanol–water partition coefficient (Wildman–Crippen LogP) is 2.36. The number of methoxy groups -OCH3 is 1. The fourth-order valence-corrected chi connectivity index (χ4v) is 1.34. The molecule has 5 heteroatoms. The van der Waals surface area contributed by atoms with E-state index in [0.717, 1.165) is 0 Å². The quantitative estimate of drug-likeness (QED) is 0.839. The molecule has 0 heterocycles. The lowest BCUT2D eigenvalue weighted by Gasteiger charge is -2.17. The van der Waals surface area contributed by atoms with Gasteiger partial charge in [0, 0.05) is 5.56 Å². The third kappa shape index (κ3) is 2.41. The van der Waals surface area contributed by atoms with Crippen LogP contribution in [0, 0.1) is 5.82 Å². The number of ether oxygens (including phenoxy) is 1. The van der Waals surface area contributed by atoms with Crippen molar-refractivity contribution in [3.05, 3.63) is 29.6 Å². The first-order chi connectivity index (χ1) is 7.11. The number of rotatable bonds is 4. The fraction of sp³-hybridized carbons (Fsp3) is 0.400. The molecule has 0 fully saturated rings. The Labute approximate surface area is 86.1 Å². The van der Waals surface area contributed by atoms with Gasteiger partial charge in [-0.25, -0.2) is 13.2 Å². The molecule has 0 spiro atoms. The number of alkyl halides is 2. The molecule has 0 aromatic heterocycles. The second-order valence-electron chi connectivity index (χ2n) is 2.96. The molecule has 15 heavy (non-hydrogen) atoms. The molecule has 0 aliphatic heterocycles. The second kappa shape index (κ2) is 5.02. The van der Waals surface area contributed by atoms with Crippen LogP contribution in [0.2, 0.25) is 0 Å². The fourth-order valence-electron chi connectivity index (χ4n) is 1.34. The number of benzene rings is 1. The van der Waals surface area contributed by atoms with Gasteiger partial charge in [0.2, 0.25) is 0 Å². The van der Waals surface area contributed by atoms with Gasteiger partial charge in [0.25, 0.3) is 6.43 Å². The molecular weight excluding hydrogens is 207 g/mol. The van der Waals surface area contributed by atoms with Crippen LogP contribution in [-0.2, 0) is 0 Å². The molecule has 84 valence electrons. The number of halogens is 3. The summed E-state index contributed by atoms with van der Waals surface area (Å²) in [6.07, 6.45) is -2.67. The van der Waals surface area contributed by atoms with Crippen LogP contribution >= 0.6 is 0 Å². The van der Waals surface area contributed by atoms with E-state index in [2.05, 4.69) is 5.32 Å². The maximum absolute atomic E-state index is 13.6. The van der Waals surface area contributed by atoms with Crippen molar-refractivity contribution in [2.75, 3.05) is 14.2 Å². The van der Waals surface area contributed by atoms with E-state index in [1.807, 2.05) is 0 Å². The van der Waals surface area contributed by atoms with Gasteiger partial charge in [-0.05, 0) is 13.1 Å². The minimum absolute atomic E-state index is 0.0339. The molecule has 1 N–H and O–H groups in total. The largest absolute Gasteiger partial charge is 0.494 e. The van der Waals surface area contributed by atoms with Crippen LogP contribution in [0.4, 0.5) is 13.2 Å². The SMILES string of the molecule is CNC(c1cccc(OC)c1F)C(F)F. The Kier molecular flexibility index (Phi) is 3.96. The Morgan fingerprint density at radius 3 is 2.47 bits per heavy atom. The molecule has 0 bridgehead atoms. The Balaban J connectivity index is 3.12. The summed E-state index contributed by atoms with van der Waals surface area (Å²) in [7, 11) is 2.65. The molecule has 2 nitrogen and oxygen atoms in total. The summed E-state index contributed by atoms with van der Waals surface area (Å²) in [5.74, 6) is -0.784. The van der Waals surface area contributed by atoms with Gasteiger partial charge in [-0.3, -0.25) is 0 Å². The van der Waals surface area contributed by atoms with Crippen molar-refractivity contribution in [2.24, 2.45) is 0 Å². The topological polar surface area (TPSA) is 21.3 Å². The summed E-state index contributed by atoms with van der Waals surface area (Å²) in [4.78, 5) is 0. The van der Waals surface area contributed by atoms with Crippen LogP contribution in [0.3, 0.4) is 0 Å². The summed E-state index contributed by atoms with van der Waals surface area (Å²) in [5, 5.41) is 2.36. The van der Waals surface area contributed by atoms with E-state index in [0.29, 0.717) is 0 Å². The van der Waals surface area contributed by atoms with E-state index in [9.17, 15) is 13.2 Å². The van der Waals surface area contributed by atoms with Gasteiger partial charge in [-0.15, -0.1) is 0 Å². The molecule has 0 aliphatic carbocycles. The minimum atomic E-state index is -2.67. The van der Waals surface area contributed by atoms with Gasteiger partial charge in [-0.1, -0.05) is 12.1 Å². The molecule has 1 aromatic carbocycles. The third-order valence-corrected chi connectivity index (χ3v) is 2.11. The van der Waals surface area contributed by atoms with E-state index in [1.54, 1.807) is 0 Å². The van der Waals surface area contributed by atoms with Crippen molar-refractivity contribution in [2.45, 2.75) is 12.5 Å². The Hall–Kier alpha value is -1.23. The Bertz CT molecular complexity index is 330. The summed E-state index contributed by atoms with van der Waals surface area (Å²) in [6, 6.07) is 2.85. The average Bonchev–Trinajstić information content (AvgIpc) is 2.21. The first-order valence-corrected chi connectivity index (χ1v) is 4.39. The molecule has 0 saturated heterocycles. The van der Waals surface area contributed by atoms with Crippen molar-refractivity contribution in [3.63, 3.8) is 0 Å². The zero-order valence-corrected chi connectivity index (χ0v) is 8.43. The van der Waals surface area contributed by atoms with Gasteiger partial charge < -0.3 is 10.1 Å². The van der Waals surface area contributed by atoms with Crippen LogP contribution in [0.15, 0.2) is 18.2 Å². The van der Waals surface area contributed by atoms with Crippen LogP contribution in [0.1, 0.15) is 11.6 Å². The molecular formula is C10H12F3NO. The normalized spacial score (nSPS) is 12.9. The highest BCUT2D eigenvalue weighted by atomic mass is 19.3. The van der Waals surface area contributed by atoms with Gasteiger partial charge in [0.1, 0.15) is 0 Å². The lowest BCUT2D eigenvalue weighted by Crippen LogP contribution is -2.24. The van der Waals surface area contributed by atoms with E-state index >= 15 is 0 Å². The lowest BCUT2D eigenvalue weighted by atomic mass is 10.1. The first-order valence-electron chi connectivity index (χ1n) is 4.39. The van der Waals surface area contributed by atoms with Crippen LogP contribution < -0.4 is 10.1 Å². The second-order valence-corrected chi connectivity index (χ2v) is 2.96. The zero-order chi connectivity index (χ0) is 11.4. The summed E-state index contributed by atoms with van der Waals surface area (Å²) < 4.78 is 43.3. The molecule has 0 amide bonds. The standard InChI is InChI=1S/C10H12F3NO/c1-14-9(10(12)13)6-4-3-5-7(15-2)8(6)11/h3-5,9-10,14H,1-2H3. The summed E-state index contributed by atoms with van der Waals surface area (Å²) in [5.41, 5.74) is -0.0909. The maximum atomic E-state index is 13.6. The molecule has 1 unspecified atom stereocenters. The molecule has 1 aromatic rings. The van der Waals surface area contributed by atoms with Gasteiger partial charge in [0.15, 0.2) is 11.6 Å². The monoisotopic (exact) mass is 219 g/mol. The molecule has 0 aliphatic rings. The molecule has 0 saturated carbocycles. The van der Waals surface area contributed by atoms with Crippen molar-refractivity contribution in [1.82, 2.24) is 5.32 Å². The number of hydrogen-bond acceptors (Lipinski definition) is 2. The number of hydrogen-bond donors (Lipinski definition) is 1. The molecule has 0 radical (unpaired) electrons. The van der Waals surface area contributed by atoms with Crippen LogP contribution in [0.5, 0.6) is 5.75 Å². The van der Waals surface area contributed by atoms with Crippen LogP contribution in [-0.4, -0.2) is 20.6 Å². The summed E-state index contributed by atoms with van der Waals surface area (Å²) in [6.45, 7) is 0. The Morgan fingerprint density at radius 1 is 1.33 bits per heavy atom. The van der Waals surface area contributed by atoms with Crippen molar-refractivity contribution in [3.8, 4) is 5.75 Å². The highest BCUT2D eigenvalue weighted by Gasteiger charge is 2.24. The Morgan fingerprint density at radius 2 is 2.00 bits per heavy atom. The third-order valence-electron chi connectivity index (χ3n) is 2.11. The number of nitrogens with one attached hydrogen (secondary N) is 1. The predicted molar refractivity (Wildman–Crippen MR) is 50.8 cm³/mol. The van der Waals surface area contributed by atoms with Gasteiger partial charge in [0.05, 0.1) is 13.2 Å². The van der Waals surface area contributed by atoms with Gasteiger partial charge in [-0.2, -0.15) is 0 Å². The first kappa shape index (κ1) is 11.8. The lowest BCUT2D eigenvalue weighted by molar-refractivity contribution is 0.100. The highest BCUT2D eigenvalue weighted by molar-refractivity contribution is 5.33. The van der Waals surface area contributed by atoms with Crippen molar-refractivity contribution >= 4 is 0 Å². The van der Waals surface area contributed by atoms with E-state index in [4.69, 9.17) is 4.74 Å².